The van der Waals surface area contributed by atoms with Gasteiger partial charge in [-0.05, 0) is 0 Å². The van der Waals surface area contributed by atoms with E-state index < -0.39 is 0 Å². The van der Waals surface area contributed by atoms with E-state index in [4.69, 9.17) is 0 Å². The number of nitrogens with zero attached hydrogens (tertiary/aromatic N) is 1. The summed E-state index contributed by atoms with van der Waals surface area (Å²) in [4.78, 5) is 15.6. The Hall–Kier alpha value is -1.00. The first-order chi connectivity index (χ1) is 7.31. The first-order valence-electron chi connectivity index (χ1n) is 4.40. The number of ketones is 1. The van der Waals surface area contributed by atoms with Crippen LogP contribution in [0.15, 0.2) is 35.8 Å². The Kier molecular flexibility index (Phi) is 3.28. The highest BCUT2D eigenvalue weighted by Crippen LogP contribution is 2.21. The van der Waals surface area contributed by atoms with Crippen LogP contribution in [-0.2, 0) is 0 Å². The Morgan fingerprint density at radius 1 is 1.33 bits per heavy atom. The number of alkyl halides is 1. The van der Waals surface area contributed by atoms with Crippen LogP contribution < -0.4 is 0 Å². The molecule has 1 aromatic heterocycles. The summed E-state index contributed by atoms with van der Waals surface area (Å²) < 4.78 is 0. The maximum absolute atomic E-state index is 11.4. The highest BCUT2D eigenvalue weighted by Gasteiger charge is 2.04. The summed E-state index contributed by atoms with van der Waals surface area (Å²) in [5.74, 6) is 0.0979. The lowest BCUT2D eigenvalue weighted by atomic mass is 10.1. The van der Waals surface area contributed by atoms with Gasteiger partial charge in [-0.3, -0.25) is 4.79 Å². The molecule has 0 unspecified atom stereocenters. The third kappa shape index (κ3) is 2.33. The zero-order chi connectivity index (χ0) is 10.7. The predicted molar refractivity (Wildman–Crippen MR) is 65.7 cm³/mol. The van der Waals surface area contributed by atoms with Crippen molar-refractivity contribution < 1.29 is 4.79 Å². The van der Waals surface area contributed by atoms with E-state index in [2.05, 4.69) is 20.9 Å². The molecule has 0 amide bonds. The third-order valence-electron chi connectivity index (χ3n) is 2.01. The van der Waals surface area contributed by atoms with Gasteiger partial charge in [-0.25, -0.2) is 4.98 Å². The van der Waals surface area contributed by atoms with Gasteiger partial charge in [0.25, 0.3) is 0 Å². The number of hydrogen-bond donors (Lipinski definition) is 0. The molecule has 2 rings (SSSR count). The molecule has 0 aliphatic rings. The monoisotopic (exact) mass is 281 g/mol. The normalized spacial score (nSPS) is 10.2. The van der Waals surface area contributed by atoms with Gasteiger partial charge in [-0.2, -0.15) is 0 Å². The van der Waals surface area contributed by atoms with Crippen molar-refractivity contribution in [2.24, 2.45) is 0 Å². The summed E-state index contributed by atoms with van der Waals surface area (Å²) in [6.45, 7) is 0. The van der Waals surface area contributed by atoms with Gasteiger partial charge in [0.1, 0.15) is 5.01 Å². The number of carbonyl (C=O) groups is 1. The molecule has 0 radical (unpaired) electrons. The molecule has 1 aromatic carbocycles. The van der Waals surface area contributed by atoms with E-state index in [1.807, 2.05) is 29.6 Å². The van der Waals surface area contributed by atoms with Gasteiger partial charge >= 0.3 is 0 Å². The summed E-state index contributed by atoms with van der Waals surface area (Å²) in [7, 11) is 0. The van der Waals surface area contributed by atoms with Crippen LogP contribution >= 0.6 is 27.3 Å². The van der Waals surface area contributed by atoms with Gasteiger partial charge in [0.2, 0.25) is 0 Å². The second-order valence-corrected chi connectivity index (χ2v) is 4.43. The minimum atomic E-state index is 0.0979. The second kappa shape index (κ2) is 4.68. The SMILES string of the molecule is O=C(CBr)c1ccc(-c2nccs2)cc1. The first-order valence-corrected chi connectivity index (χ1v) is 6.40. The van der Waals surface area contributed by atoms with Crippen LogP contribution in [0.4, 0.5) is 0 Å². The smallest absolute Gasteiger partial charge is 0.173 e. The summed E-state index contributed by atoms with van der Waals surface area (Å²) in [5.41, 5.74) is 1.78. The van der Waals surface area contributed by atoms with Crippen LogP contribution in [0.3, 0.4) is 0 Å². The quantitative estimate of drug-likeness (QED) is 0.638. The van der Waals surface area contributed by atoms with Crippen LogP contribution in [0.5, 0.6) is 0 Å². The Labute approximate surface area is 100 Å². The number of hydrogen-bond acceptors (Lipinski definition) is 3. The molecule has 1 heterocycles. The molecule has 0 spiro atoms. The zero-order valence-electron chi connectivity index (χ0n) is 7.81. The summed E-state index contributed by atoms with van der Waals surface area (Å²) in [5, 5.41) is 3.28. The van der Waals surface area contributed by atoms with Gasteiger partial charge in [0.05, 0.1) is 5.33 Å². The van der Waals surface area contributed by atoms with E-state index in [0.29, 0.717) is 5.33 Å². The van der Waals surface area contributed by atoms with E-state index in [1.165, 1.54) is 0 Å². The standard InChI is InChI=1S/C11H8BrNOS/c12-7-10(14)8-1-3-9(4-2-8)11-13-5-6-15-11/h1-6H,7H2. The van der Waals surface area contributed by atoms with Gasteiger partial charge in [-0.15, -0.1) is 11.3 Å². The minimum Gasteiger partial charge on any atom is -0.293 e. The lowest BCUT2D eigenvalue weighted by molar-refractivity contribution is 0.102. The molecular formula is C11H8BrNOS. The maximum atomic E-state index is 11.4. The number of carbonyl (C=O) groups excluding carboxylic acids is 1. The number of benzene rings is 1. The van der Waals surface area contributed by atoms with Crippen molar-refractivity contribution in [1.82, 2.24) is 4.98 Å². The molecule has 0 aliphatic carbocycles. The predicted octanol–water partition coefficient (Wildman–Crippen LogP) is 3.39. The van der Waals surface area contributed by atoms with Crippen molar-refractivity contribution in [3.63, 3.8) is 0 Å². The molecule has 0 saturated carbocycles. The Morgan fingerprint density at radius 3 is 2.60 bits per heavy atom. The average Bonchev–Trinajstić information content (AvgIpc) is 2.82. The summed E-state index contributed by atoms with van der Waals surface area (Å²) in [6, 6.07) is 7.52. The Balaban J connectivity index is 2.29. The molecule has 0 bridgehead atoms. The van der Waals surface area contributed by atoms with Crippen LogP contribution in [0.1, 0.15) is 10.4 Å². The molecule has 0 saturated heterocycles. The van der Waals surface area contributed by atoms with Crippen molar-refractivity contribution in [3.05, 3.63) is 41.4 Å². The van der Waals surface area contributed by atoms with Crippen molar-refractivity contribution in [1.29, 1.82) is 0 Å². The van der Waals surface area contributed by atoms with Crippen LogP contribution in [-0.4, -0.2) is 16.1 Å². The maximum Gasteiger partial charge on any atom is 0.173 e. The fourth-order valence-electron chi connectivity index (χ4n) is 1.24. The number of halogens is 1. The largest absolute Gasteiger partial charge is 0.293 e. The Morgan fingerprint density at radius 2 is 2.07 bits per heavy atom. The van der Waals surface area contributed by atoms with Crippen molar-refractivity contribution in [2.45, 2.75) is 0 Å². The van der Waals surface area contributed by atoms with E-state index in [0.717, 1.165) is 16.1 Å². The molecule has 2 nitrogen and oxygen atoms in total. The first kappa shape index (κ1) is 10.5. The molecule has 4 heteroatoms. The van der Waals surface area contributed by atoms with Crippen LogP contribution in [0, 0.1) is 0 Å². The fraction of sp³-hybridized carbons (Fsp3) is 0.0909. The zero-order valence-corrected chi connectivity index (χ0v) is 10.2. The van der Waals surface area contributed by atoms with Crippen LogP contribution in [0.25, 0.3) is 10.6 Å². The van der Waals surface area contributed by atoms with Gasteiger partial charge in [-0.1, -0.05) is 40.2 Å². The summed E-state index contributed by atoms with van der Waals surface area (Å²) >= 11 is 4.74. The lowest BCUT2D eigenvalue weighted by Gasteiger charge is -1.99. The van der Waals surface area contributed by atoms with Crippen LogP contribution in [0.2, 0.25) is 0 Å². The number of Topliss-reactive ketones (excluding diaryl/α,β-unsaturated/α-hetero) is 1. The van der Waals surface area contributed by atoms with E-state index >= 15 is 0 Å². The molecule has 76 valence electrons. The number of thiazole rings is 1. The van der Waals surface area contributed by atoms with Crippen molar-refractivity contribution >= 4 is 33.0 Å². The number of rotatable bonds is 3. The average molecular weight is 282 g/mol. The third-order valence-corrected chi connectivity index (χ3v) is 3.34. The molecule has 2 aromatic rings. The molecule has 15 heavy (non-hydrogen) atoms. The number of aromatic nitrogens is 1. The molecule has 0 fully saturated rings. The highest BCUT2D eigenvalue weighted by molar-refractivity contribution is 9.09. The highest BCUT2D eigenvalue weighted by atomic mass is 79.9. The van der Waals surface area contributed by atoms with E-state index in [1.54, 1.807) is 17.5 Å². The lowest BCUT2D eigenvalue weighted by Crippen LogP contribution is -1.98. The van der Waals surface area contributed by atoms with Crippen molar-refractivity contribution in [2.75, 3.05) is 5.33 Å². The topological polar surface area (TPSA) is 30.0 Å². The minimum absolute atomic E-state index is 0.0979. The van der Waals surface area contributed by atoms with Crippen molar-refractivity contribution in [3.8, 4) is 10.6 Å². The molecule has 0 aliphatic heterocycles. The summed E-state index contributed by atoms with van der Waals surface area (Å²) in [6.07, 6.45) is 1.78. The molecular weight excluding hydrogens is 274 g/mol. The second-order valence-electron chi connectivity index (χ2n) is 2.97. The molecule has 0 atom stereocenters. The van der Waals surface area contributed by atoms with Gasteiger partial charge in [0.15, 0.2) is 5.78 Å². The molecule has 0 N–H and O–H groups in total. The Bertz CT molecular complexity index is 450. The van der Waals surface area contributed by atoms with E-state index in [-0.39, 0.29) is 5.78 Å². The van der Waals surface area contributed by atoms with Gasteiger partial charge < -0.3 is 0 Å². The van der Waals surface area contributed by atoms with E-state index in [9.17, 15) is 4.79 Å². The van der Waals surface area contributed by atoms with Gasteiger partial charge in [0, 0.05) is 22.7 Å². The fourth-order valence-corrected chi connectivity index (χ4v) is 2.21.